The molecule has 0 unspecified atom stereocenters. The quantitative estimate of drug-likeness (QED) is 0.711. The van der Waals surface area contributed by atoms with E-state index in [0.29, 0.717) is 12.1 Å². The standard InChI is InChI=1S/C9H9BrN2O/c1-11-4-2-3-7-5-8(10)6-12-9(7)13/h5-6,11H,4H2,1H3,(H,12,13). The molecular formula is C9H9BrN2O. The van der Waals surface area contributed by atoms with Crippen LogP contribution in [0, 0.1) is 11.8 Å². The number of aromatic amines is 1. The highest BCUT2D eigenvalue weighted by molar-refractivity contribution is 9.10. The lowest BCUT2D eigenvalue weighted by Crippen LogP contribution is -2.09. The lowest BCUT2D eigenvalue weighted by atomic mass is 10.3. The molecule has 0 spiro atoms. The molecule has 0 fully saturated rings. The minimum atomic E-state index is -0.160. The Morgan fingerprint density at radius 2 is 2.46 bits per heavy atom. The van der Waals surface area contributed by atoms with Crippen molar-refractivity contribution in [1.82, 2.24) is 10.3 Å². The number of halogens is 1. The van der Waals surface area contributed by atoms with Gasteiger partial charge in [-0.2, -0.15) is 0 Å². The molecule has 0 amide bonds. The fraction of sp³-hybridized carbons (Fsp3) is 0.222. The van der Waals surface area contributed by atoms with Crippen molar-refractivity contribution in [1.29, 1.82) is 0 Å². The molecule has 0 aromatic carbocycles. The van der Waals surface area contributed by atoms with Crippen LogP contribution in [-0.2, 0) is 0 Å². The molecule has 68 valence electrons. The summed E-state index contributed by atoms with van der Waals surface area (Å²) in [6, 6.07) is 1.70. The second-order valence-electron chi connectivity index (χ2n) is 2.39. The highest BCUT2D eigenvalue weighted by Crippen LogP contribution is 2.05. The SMILES string of the molecule is CNCC#Cc1cc(Br)c[nH]c1=O. The van der Waals surface area contributed by atoms with E-state index < -0.39 is 0 Å². The molecular weight excluding hydrogens is 232 g/mol. The second kappa shape index (κ2) is 4.85. The van der Waals surface area contributed by atoms with Crippen LogP contribution in [0.25, 0.3) is 0 Å². The molecule has 13 heavy (non-hydrogen) atoms. The van der Waals surface area contributed by atoms with E-state index in [4.69, 9.17) is 0 Å². The zero-order valence-corrected chi connectivity index (χ0v) is 8.73. The average Bonchev–Trinajstić information content (AvgIpc) is 2.11. The third-order valence-corrected chi connectivity index (χ3v) is 1.81. The number of rotatable bonds is 1. The van der Waals surface area contributed by atoms with Gasteiger partial charge in [0.1, 0.15) is 0 Å². The maximum Gasteiger partial charge on any atom is 0.263 e. The summed E-state index contributed by atoms with van der Waals surface area (Å²) < 4.78 is 0.820. The van der Waals surface area contributed by atoms with Crippen LogP contribution in [0.2, 0.25) is 0 Å². The van der Waals surface area contributed by atoms with Crippen molar-refractivity contribution in [2.24, 2.45) is 0 Å². The normalized spacial score (nSPS) is 9.08. The molecule has 1 aromatic rings. The number of hydrogen-bond acceptors (Lipinski definition) is 2. The van der Waals surface area contributed by atoms with Crippen molar-refractivity contribution in [2.75, 3.05) is 13.6 Å². The summed E-state index contributed by atoms with van der Waals surface area (Å²) in [5, 5.41) is 2.87. The van der Waals surface area contributed by atoms with Crippen LogP contribution in [0.15, 0.2) is 21.5 Å². The Bertz CT molecular complexity index is 400. The zero-order chi connectivity index (χ0) is 9.68. The number of aromatic nitrogens is 1. The smallest absolute Gasteiger partial charge is 0.263 e. The molecule has 0 bridgehead atoms. The van der Waals surface area contributed by atoms with Gasteiger partial charge in [-0.1, -0.05) is 11.8 Å². The summed E-state index contributed by atoms with van der Waals surface area (Å²) in [7, 11) is 1.81. The van der Waals surface area contributed by atoms with Gasteiger partial charge < -0.3 is 10.3 Å². The van der Waals surface area contributed by atoms with Gasteiger partial charge in [0.05, 0.1) is 12.1 Å². The Balaban J connectivity index is 2.96. The van der Waals surface area contributed by atoms with E-state index in [2.05, 4.69) is 38.1 Å². The summed E-state index contributed by atoms with van der Waals surface area (Å²) in [6.07, 6.45) is 1.59. The number of hydrogen-bond donors (Lipinski definition) is 2. The first-order valence-corrected chi connectivity index (χ1v) is 4.55. The predicted molar refractivity (Wildman–Crippen MR) is 55.6 cm³/mol. The highest BCUT2D eigenvalue weighted by atomic mass is 79.9. The minimum absolute atomic E-state index is 0.160. The number of H-pyrrole nitrogens is 1. The molecule has 1 heterocycles. The maximum atomic E-state index is 11.2. The lowest BCUT2D eigenvalue weighted by molar-refractivity contribution is 0.938. The fourth-order valence-electron chi connectivity index (χ4n) is 0.778. The van der Waals surface area contributed by atoms with Crippen LogP contribution >= 0.6 is 15.9 Å². The first-order valence-electron chi connectivity index (χ1n) is 3.75. The molecule has 0 saturated heterocycles. The number of pyridine rings is 1. The Kier molecular flexibility index (Phi) is 3.74. The Labute approximate surface area is 84.7 Å². The summed E-state index contributed by atoms with van der Waals surface area (Å²) >= 11 is 3.25. The van der Waals surface area contributed by atoms with Gasteiger partial charge in [-0.25, -0.2) is 0 Å². The van der Waals surface area contributed by atoms with Crippen LogP contribution in [0.1, 0.15) is 5.56 Å². The Morgan fingerprint density at radius 1 is 1.69 bits per heavy atom. The largest absolute Gasteiger partial charge is 0.327 e. The third-order valence-electron chi connectivity index (χ3n) is 1.36. The summed E-state index contributed by atoms with van der Waals surface area (Å²) in [5.41, 5.74) is 0.316. The van der Waals surface area contributed by atoms with Gasteiger partial charge in [-0.05, 0) is 29.0 Å². The molecule has 0 saturated carbocycles. The molecule has 0 atom stereocenters. The van der Waals surface area contributed by atoms with Crippen LogP contribution in [0.4, 0.5) is 0 Å². The van der Waals surface area contributed by atoms with Crippen LogP contribution in [-0.4, -0.2) is 18.6 Å². The Hall–Kier alpha value is -1.05. The van der Waals surface area contributed by atoms with Gasteiger partial charge in [-0.3, -0.25) is 4.79 Å². The van der Waals surface area contributed by atoms with E-state index in [1.54, 1.807) is 19.3 Å². The molecule has 3 nitrogen and oxygen atoms in total. The molecule has 1 aromatic heterocycles. The molecule has 1 rings (SSSR count). The van der Waals surface area contributed by atoms with Crippen molar-refractivity contribution in [3.8, 4) is 11.8 Å². The third kappa shape index (κ3) is 3.05. The minimum Gasteiger partial charge on any atom is -0.327 e. The maximum absolute atomic E-state index is 11.2. The zero-order valence-electron chi connectivity index (χ0n) is 7.15. The monoisotopic (exact) mass is 240 g/mol. The summed E-state index contributed by atoms with van der Waals surface area (Å²) in [5.74, 6) is 5.59. The van der Waals surface area contributed by atoms with Gasteiger partial charge in [0, 0.05) is 10.7 Å². The van der Waals surface area contributed by atoms with Crippen LogP contribution < -0.4 is 10.9 Å². The predicted octanol–water partition coefficient (Wildman–Crippen LogP) is 0.708. The van der Waals surface area contributed by atoms with Crippen molar-refractivity contribution in [3.05, 3.63) is 32.7 Å². The Morgan fingerprint density at radius 3 is 3.15 bits per heavy atom. The lowest BCUT2D eigenvalue weighted by Gasteiger charge is -1.90. The van der Waals surface area contributed by atoms with E-state index in [0.717, 1.165) is 4.47 Å². The van der Waals surface area contributed by atoms with E-state index in [9.17, 15) is 4.79 Å². The molecule has 0 aliphatic rings. The molecule has 0 radical (unpaired) electrons. The molecule has 4 heteroatoms. The molecule has 0 aliphatic heterocycles. The van der Waals surface area contributed by atoms with E-state index >= 15 is 0 Å². The van der Waals surface area contributed by atoms with Crippen LogP contribution in [0.3, 0.4) is 0 Å². The van der Waals surface area contributed by atoms with Crippen molar-refractivity contribution in [2.45, 2.75) is 0 Å². The van der Waals surface area contributed by atoms with E-state index in [1.807, 2.05) is 0 Å². The van der Waals surface area contributed by atoms with Crippen LogP contribution in [0.5, 0.6) is 0 Å². The van der Waals surface area contributed by atoms with Gasteiger partial charge in [0.15, 0.2) is 0 Å². The van der Waals surface area contributed by atoms with Gasteiger partial charge in [-0.15, -0.1) is 0 Å². The summed E-state index contributed by atoms with van der Waals surface area (Å²) in [6.45, 7) is 0.575. The molecule has 0 aliphatic carbocycles. The van der Waals surface area contributed by atoms with Gasteiger partial charge in [0.25, 0.3) is 5.56 Å². The summed E-state index contributed by atoms with van der Waals surface area (Å²) in [4.78, 5) is 13.7. The molecule has 2 N–H and O–H groups in total. The van der Waals surface area contributed by atoms with E-state index in [-0.39, 0.29) is 5.56 Å². The first kappa shape index (κ1) is 10.0. The van der Waals surface area contributed by atoms with Crippen molar-refractivity contribution < 1.29 is 0 Å². The first-order chi connectivity index (χ1) is 6.24. The van der Waals surface area contributed by atoms with Crippen molar-refractivity contribution in [3.63, 3.8) is 0 Å². The highest BCUT2D eigenvalue weighted by Gasteiger charge is 1.94. The number of nitrogens with one attached hydrogen (secondary N) is 2. The topological polar surface area (TPSA) is 44.9 Å². The van der Waals surface area contributed by atoms with Crippen molar-refractivity contribution >= 4 is 15.9 Å². The van der Waals surface area contributed by atoms with E-state index in [1.165, 1.54) is 0 Å². The average molecular weight is 241 g/mol. The fourth-order valence-corrected chi connectivity index (χ4v) is 1.12. The van der Waals surface area contributed by atoms with Gasteiger partial charge >= 0.3 is 0 Å². The van der Waals surface area contributed by atoms with Gasteiger partial charge in [0.2, 0.25) is 0 Å². The second-order valence-corrected chi connectivity index (χ2v) is 3.31.